The number of aryl methyl sites for hydroxylation is 1. The largest absolute Gasteiger partial charge is 0.333 e. The molecule has 0 saturated carbocycles. The van der Waals surface area contributed by atoms with Crippen molar-refractivity contribution < 1.29 is 4.39 Å². The van der Waals surface area contributed by atoms with Gasteiger partial charge in [-0.1, -0.05) is 61.8 Å². The molecule has 4 rings (SSSR count). The van der Waals surface area contributed by atoms with Crippen molar-refractivity contribution in [3.05, 3.63) is 97.7 Å². The normalized spacial score (nSPS) is 11.5. The molecule has 0 fully saturated rings. The quantitative estimate of drug-likeness (QED) is 0.418. The van der Waals surface area contributed by atoms with Crippen molar-refractivity contribution in [2.75, 3.05) is 0 Å². The smallest absolute Gasteiger partial charge is 0.325 e. The molecule has 0 aliphatic heterocycles. The maximum Gasteiger partial charge on any atom is 0.333 e. The van der Waals surface area contributed by atoms with Crippen LogP contribution in [-0.4, -0.2) is 18.7 Å². The van der Waals surface area contributed by atoms with Crippen molar-refractivity contribution in [1.82, 2.24) is 18.7 Å². The molecule has 0 unspecified atom stereocenters. The van der Waals surface area contributed by atoms with E-state index in [0.29, 0.717) is 23.6 Å². The number of hydrogen-bond donors (Lipinski definition) is 0. The highest BCUT2D eigenvalue weighted by Gasteiger charge is 2.20. The van der Waals surface area contributed by atoms with E-state index in [2.05, 4.69) is 18.8 Å². The van der Waals surface area contributed by atoms with E-state index in [1.54, 1.807) is 17.0 Å². The highest BCUT2D eigenvalue weighted by atomic mass is 35.5. The summed E-state index contributed by atoms with van der Waals surface area (Å²) in [4.78, 5) is 31.3. The first-order chi connectivity index (χ1) is 15.4. The van der Waals surface area contributed by atoms with Crippen LogP contribution in [0.1, 0.15) is 31.4 Å². The molecule has 0 atom stereocenters. The van der Waals surface area contributed by atoms with Gasteiger partial charge >= 0.3 is 5.69 Å². The second-order valence-corrected chi connectivity index (χ2v) is 8.65. The van der Waals surface area contributed by atoms with E-state index in [9.17, 15) is 14.0 Å². The van der Waals surface area contributed by atoms with Gasteiger partial charge < -0.3 is 4.57 Å². The zero-order chi connectivity index (χ0) is 22.8. The number of aromatic nitrogens is 4. The monoisotopic (exact) mass is 454 g/mol. The minimum absolute atomic E-state index is 0.104. The zero-order valence-electron chi connectivity index (χ0n) is 18.0. The summed E-state index contributed by atoms with van der Waals surface area (Å²) in [5.74, 6) is -0.131. The van der Waals surface area contributed by atoms with Gasteiger partial charge in [0, 0.05) is 17.1 Å². The van der Waals surface area contributed by atoms with Gasteiger partial charge in [-0.15, -0.1) is 0 Å². The van der Waals surface area contributed by atoms with Crippen LogP contribution >= 0.6 is 11.6 Å². The van der Waals surface area contributed by atoms with Crippen molar-refractivity contribution in [3.8, 4) is 0 Å². The molecule has 0 N–H and O–H groups in total. The molecule has 2 aromatic heterocycles. The van der Waals surface area contributed by atoms with Crippen molar-refractivity contribution in [2.24, 2.45) is 5.92 Å². The molecule has 8 heteroatoms. The third-order valence-electron chi connectivity index (χ3n) is 5.49. The number of hydrogen-bond acceptors (Lipinski definition) is 3. The lowest BCUT2D eigenvalue weighted by molar-refractivity contribution is 0.520. The number of imidazole rings is 1. The number of benzene rings is 2. The van der Waals surface area contributed by atoms with Crippen LogP contribution in [0.2, 0.25) is 5.02 Å². The average molecular weight is 455 g/mol. The zero-order valence-corrected chi connectivity index (χ0v) is 18.7. The molecule has 0 saturated heterocycles. The Morgan fingerprint density at radius 2 is 1.75 bits per heavy atom. The molecule has 166 valence electrons. The Balaban J connectivity index is 1.93. The van der Waals surface area contributed by atoms with Gasteiger partial charge in [0.25, 0.3) is 5.56 Å². The molecular weight excluding hydrogens is 431 g/mol. The van der Waals surface area contributed by atoms with Crippen molar-refractivity contribution in [1.29, 1.82) is 0 Å². The molecule has 0 amide bonds. The molecule has 2 heterocycles. The second kappa shape index (κ2) is 9.12. The minimum Gasteiger partial charge on any atom is -0.325 e. The molecule has 0 aliphatic carbocycles. The topological polar surface area (TPSA) is 61.8 Å². The number of halogens is 2. The highest BCUT2D eigenvalue weighted by molar-refractivity contribution is 6.31. The van der Waals surface area contributed by atoms with Crippen LogP contribution in [0.25, 0.3) is 11.2 Å². The van der Waals surface area contributed by atoms with E-state index >= 15 is 0 Å². The summed E-state index contributed by atoms with van der Waals surface area (Å²) in [6.07, 6.45) is 2.44. The summed E-state index contributed by atoms with van der Waals surface area (Å²) in [6.45, 7) is 4.77. The molecule has 32 heavy (non-hydrogen) atoms. The predicted molar refractivity (Wildman–Crippen MR) is 124 cm³/mol. The first-order valence-electron chi connectivity index (χ1n) is 10.5. The summed E-state index contributed by atoms with van der Waals surface area (Å²) in [6, 6.07) is 13.8. The van der Waals surface area contributed by atoms with Gasteiger partial charge in [0.15, 0.2) is 11.2 Å². The Bertz CT molecular complexity index is 1350. The summed E-state index contributed by atoms with van der Waals surface area (Å²) < 4.78 is 18.7. The Morgan fingerprint density at radius 3 is 2.44 bits per heavy atom. The molecule has 0 aliphatic rings. The Labute approximate surface area is 189 Å². The molecule has 4 aromatic rings. The van der Waals surface area contributed by atoms with Crippen LogP contribution in [0.4, 0.5) is 4.39 Å². The Morgan fingerprint density at radius 1 is 1.00 bits per heavy atom. The molecule has 2 aromatic carbocycles. The van der Waals surface area contributed by atoms with E-state index in [0.717, 1.165) is 16.6 Å². The fourth-order valence-corrected chi connectivity index (χ4v) is 3.92. The van der Waals surface area contributed by atoms with Gasteiger partial charge in [-0.2, -0.15) is 0 Å². The van der Waals surface area contributed by atoms with E-state index in [1.807, 2.05) is 30.3 Å². The van der Waals surface area contributed by atoms with Crippen molar-refractivity contribution in [2.45, 2.75) is 39.9 Å². The molecular formula is C24H24ClFN4O2. The third kappa shape index (κ3) is 4.25. The van der Waals surface area contributed by atoms with E-state index < -0.39 is 17.1 Å². The lowest BCUT2D eigenvalue weighted by atomic mass is 10.1. The summed E-state index contributed by atoms with van der Waals surface area (Å²) in [7, 11) is 0. The maximum absolute atomic E-state index is 14.5. The van der Waals surface area contributed by atoms with Crippen LogP contribution in [0.3, 0.4) is 0 Å². The van der Waals surface area contributed by atoms with Gasteiger partial charge in [-0.25, -0.2) is 14.2 Å². The SMILES string of the molecule is CC(C)CCn1cnc2c1c(=O)n(Cc1c(F)cccc1Cl)c(=O)n2Cc1ccccc1. The number of rotatable bonds is 7. The summed E-state index contributed by atoms with van der Waals surface area (Å²) >= 11 is 6.18. The standard InChI is InChI=1S/C24H24ClFN4O2/c1-16(2)11-12-28-15-27-22-21(28)23(31)30(14-18-19(25)9-6-10-20(18)26)24(32)29(22)13-17-7-4-3-5-8-17/h3-10,15-16H,11-14H2,1-2H3. The van der Waals surface area contributed by atoms with Gasteiger partial charge in [0.2, 0.25) is 0 Å². The molecule has 6 nitrogen and oxygen atoms in total. The van der Waals surface area contributed by atoms with Gasteiger partial charge in [0.1, 0.15) is 5.82 Å². The molecule has 0 radical (unpaired) electrons. The molecule has 0 spiro atoms. The van der Waals surface area contributed by atoms with Crippen LogP contribution in [0.5, 0.6) is 0 Å². The van der Waals surface area contributed by atoms with Gasteiger partial charge in [0.05, 0.1) is 19.4 Å². The summed E-state index contributed by atoms with van der Waals surface area (Å²) in [5, 5.41) is 0.166. The van der Waals surface area contributed by atoms with Crippen LogP contribution in [0.15, 0.2) is 64.4 Å². The van der Waals surface area contributed by atoms with Crippen molar-refractivity contribution in [3.63, 3.8) is 0 Å². The number of fused-ring (bicyclic) bond motifs is 1. The average Bonchev–Trinajstić information content (AvgIpc) is 3.19. The van der Waals surface area contributed by atoms with Crippen LogP contribution in [-0.2, 0) is 19.6 Å². The minimum atomic E-state index is -0.563. The fraction of sp³-hybridized carbons (Fsp3) is 0.292. The van der Waals surface area contributed by atoms with E-state index in [4.69, 9.17) is 11.6 Å². The predicted octanol–water partition coefficient (Wildman–Crippen LogP) is 4.29. The van der Waals surface area contributed by atoms with E-state index in [-0.39, 0.29) is 23.7 Å². The number of nitrogens with zero attached hydrogens (tertiary/aromatic N) is 4. The third-order valence-corrected chi connectivity index (χ3v) is 5.85. The lowest BCUT2D eigenvalue weighted by Crippen LogP contribution is -2.41. The van der Waals surface area contributed by atoms with Gasteiger partial charge in [-0.05, 0) is 30.0 Å². The Hall–Kier alpha value is -3.19. The Kier molecular flexibility index (Phi) is 6.28. The fourth-order valence-electron chi connectivity index (χ4n) is 3.69. The van der Waals surface area contributed by atoms with Crippen LogP contribution in [0, 0.1) is 11.7 Å². The maximum atomic E-state index is 14.5. The second-order valence-electron chi connectivity index (χ2n) is 8.24. The van der Waals surface area contributed by atoms with Gasteiger partial charge in [-0.3, -0.25) is 13.9 Å². The lowest BCUT2D eigenvalue weighted by Gasteiger charge is -2.14. The first kappa shape index (κ1) is 22.0. The van der Waals surface area contributed by atoms with Crippen LogP contribution < -0.4 is 11.2 Å². The van der Waals surface area contributed by atoms with E-state index in [1.165, 1.54) is 16.7 Å². The summed E-state index contributed by atoms with van der Waals surface area (Å²) in [5.41, 5.74) is 0.584. The first-order valence-corrected chi connectivity index (χ1v) is 10.9. The molecule has 0 bridgehead atoms. The van der Waals surface area contributed by atoms with Crippen molar-refractivity contribution >= 4 is 22.8 Å². The highest BCUT2D eigenvalue weighted by Crippen LogP contribution is 2.20.